The van der Waals surface area contributed by atoms with Crippen molar-refractivity contribution in [3.63, 3.8) is 0 Å². The van der Waals surface area contributed by atoms with Gasteiger partial charge >= 0.3 is 0 Å². The summed E-state index contributed by atoms with van der Waals surface area (Å²) in [5.41, 5.74) is 5.01. The minimum absolute atomic E-state index is 0.0474. The van der Waals surface area contributed by atoms with Crippen LogP contribution in [0.3, 0.4) is 0 Å². The van der Waals surface area contributed by atoms with E-state index in [1.165, 1.54) is 4.88 Å². The van der Waals surface area contributed by atoms with E-state index >= 15 is 0 Å². The van der Waals surface area contributed by atoms with Gasteiger partial charge in [0.05, 0.1) is 11.7 Å². The largest absolute Gasteiger partial charge is 0.271 e. The van der Waals surface area contributed by atoms with Crippen LogP contribution in [0.1, 0.15) is 22.2 Å². The lowest BCUT2D eigenvalue weighted by Gasteiger charge is -2.16. The molecule has 0 aliphatic carbocycles. The van der Waals surface area contributed by atoms with Gasteiger partial charge in [-0.25, -0.2) is 0 Å². The molecule has 2 heterocycles. The zero-order valence-electron chi connectivity index (χ0n) is 9.48. The molecule has 0 aromatic carbocycles. The van der Waals surface area contributed by atoms with E-state index in [-0.39, 0.29) is 6.04 Å². The molecule has 0 fully saturated rings. The molecule has 0 spiro atoms. The Kier molecular flexibility index (Phi) is 4.28. The molecule has 17 heavy (non-hydrogen) atoms. The molecule has 5 heteroatoms. The molecule has 1 atom stereocenters. The molecule has 3 N–H and O–H groups in total. The zero-order chi connectivity index (χ0) is 12.3. The molecular weight excluding hydrogens is 298 g/mol. The summed E-state index contributed by atoms with van der Waals surface area (Å²) in [5.74, 6) is 5.64. The highest BCUT2D eigenvalue weighted by Gasteiger charge is 2.16. The quantitative estimate of drug-likeness (QED) is 0.674. The topological polar surface area (TPSA) is 50.9 Å². The van der Waals surface area contributed by atoms with Gasteiger partial charge in [0, 0.05) is 22.0 Å². The molecule has 0 saturated heterocycles. The van der Waals surface area contributed by atoms with Gasteiger partial charge in [0.1, 0.15) is 0 Å². The Labute approximate surface area is 113 Å². The Bertz CT molecular complexity index is 498. The average molecular weight is 312 g/mol. The highest BCUT2D eigenvalue weighted by Crippen LogP contribution is 2.28. The van der Waals surface area contributed by atoms with E-state index in [2.05, 4.69) is 50.8 Å². The Hall–Kier alpha value is -0.750. The fourth-order valence-electron chi connectivity index (χ4n) is 1.75. The summed E-state index contributed by atoms with van der Waals surface area (Å²) in [6.07, 6.45) is 2.64. The fourth-order valence-corrected chi connectivity index (χ4v) is 3.31. The second-order valence-corrected chi connectivity index (χ2v) is 5.68. The fraction of sp³-hybridized carbons (Fsp3) is 0.250. The van der Waals surface area contributed by atoms with Crippen LogP contribution in [0.2, 0.25) is 0 Å². The predicted molar refractivity (Wildman–Crippen MR) is 74.8 cm³/mol. The maximum atomic E-state index is 5.64. The van der Waals surface area contributed by atoms with Crippen LogP contribution >= 0.6 is 27.3 Å². The number of rotatable bonds is 4. The molecule has 2 aromatic rings. The first-order valence-corrected chi connectivity index (χ1v) is 6.99. The third kappa shape index (κ3) is 2.93. The summed E-state index contributed by atoms with van der Waals surface area (Å²) in [5, 5.41) is 2.07. The van der Waals surface area contributed by atoms with Crippen molar-refractivity contribution in [1.29, 1.82) is 0 Å². The number of nitrogens with one attached hydrogen (secondary N) is 1. The van der Waals surface area contributed by atoms with Crippen molar-refractivity contribution >= 4 is 27.3 Å². The van der Waals surface area contributed by atoms with Crippen molar-refractivity contribution in [2.75, 3.05) is 0 Å². The van der Waals surface area contributed by atoms with E-state index < -0.39 is 0 Å². The van der Waals surface area contributed by atoms with Gasteiger partial charge in [-0.15, -0.1) is 11.3 Å². The van der Waals surface area contributed by atoms with Crippen LogP contribution in [0.15, 0.2) is 34.2 Å². The number of thiophene rings is 1. The highest BCUT2D eigenvalue weighted by molar-refractivity contribution is 9.10. The molecule has 0 aliphatic rings. The minimum atomic E-state index is 0.0474. The van der Waals surface area contributed by atoms with E-state index in [0.717, 1.165) is 22.2 Å². The van der Waals surface area contributed by atoms with Crippen LogP contribution in [0.5, 0.6) is 0 Å². The van der Waals surface area contributed by atoms with E-state index in [9.17, 15) is 0 Å². The number of hydrazine groups is 1. The third-order valence-electron chi connectivity index (χ3n) is 2.66. The SMILES string of the molecule is Cc1cccnc1C(Cc1sccc1Br)NN. The standard InChI is InChI=1S/C12H14BrN3S/c1-8-3-2-5-15-12(8)10(16-14)7-11-9(13)4-6-17-11/h2-6,10,16H,7,14H2,1H3. The number of hydrogen-bond donors (Lipinski definition) is 2. The third-order valence-corrected chi connectivity index (χ3v) is 4.61. The van der Waals surface area contributed by atoms with Crippen LogP contribution in [-0.4, -0.2) is 4.98 Å². The Morgan fingerprint density at radius 2 is 2.35 bits per heavy atom. The number of hydrogen-bond acceptors (Lipinski definition) is 4. The number of nitrogens with zero attached hydrogens (tertiary/aromatic N) is 1. The maximum absolute atomic E-state index is 5.64. The number of pyridine rings is 1. The van der Waals surface area contributed by atoms with Crippen molar-refractivity contribution in [1.82, 2.24) is 10.4 Å². The van der Waals surface area contributed by atoms with Gasteiger partial charge in [-0.3, -0.25) is 16.3 Å². The first-order chi connectivity index (χ1) is 8.22. The lowest BCUT2D eigenvalue weighted by Crippen LogP contribution is -2.30. The van der Waals surface area contributed by atoms with Gasteiger partial charge in [-0.05, 0) is 45.9 Å². The Morgan fingerprint density at radius 3 is 2.94 bits per heavy atom. The van der Waals surface area contributed by atoms with Crippen molar-refractivity contribution in [3.05, 3.63) is 50.4 Å². The minimum Gasteiger partial charge on any atom is -0.271 e. The lowest BCUT2D eigenvalue weighted by molar-refractivity contribution is 0.538. The Morgan fingerprint density at radius 1 is 1.53 bits per heavy atom. The van der Waals surface area contributed by atoms with Crippen molar-refractivity contribution in [2.45, 2.75) is 19.4 Å². The number of nitrogens with two attached hydrogens (primary N) is 1. The van der Waals surface area contributed by atoms with Gasteiger partial charge in [0.15, 0.2) is 0 Å². The summed E-state index contributed by atoms with van der Waals surface area (Å²) < 4.78 is 1.14. The van der Waals surface area contributed by atoms with Crippen LogP contribution < -0.4 is 11.3 Å². The lowest BCUT2D eigenvalue weighted by atomic mass is 10.1. The van der Waals surface area contributed by atoms with Crippen molar-refractivity contribution < 1.29 is 0 Å². The van der Waals surface area contributed by atoms with Crippen LogP contribution in [-0.2, 0) is 6.42 Å². The molecule has 2 aromatic heterocycles. The number of aryl methyl sites for hydroxylation is 1. The molecule has 0 saturated carbocycles. The molecule has 0 bridgehead atoms. The van der Waals surface area contributed by atoms with Gasteiger partial charge in [-0.2, -0.15) is 0 Å². The summed E-state index contributed by atoms with van der Waals surface area (Å²) in [6, 6.07) is 6.09. The van der Waals surface area contributed by atoms with Gasteiger partial charge in [-0.1, -0.05) is 6.07 Å². The first-order valence-electron chi connectivity index (χ1n) is 5.32. The van der Waals surface area contributed by atoms with Crippen molar-refractivity contribution in [3.8, 4) is 0 Å². The molecule has 2 rings (SSSR count). The number of aromatic nitrogens is 1. The van der Waals surface area contributed by atoms with E-state index in [1.54, 1.807) is 17.5 Å². The summed E-state index contributed by atoms with van der Waals surface area (Å²) in [7, 11) is 0. The number of halogens is 1. The summed E-state index contributed by atoms with van der Waals surface area (Å²) in [6.45, 7) is 2.05. The van der Waals surface area contributed by atoms with E-state index in [0.29, 0.717) is 0 Å². The van der Waals surface area contributed by atoms with Crippen LogP contribution in [0.4, 0.5) is 0 Å². The van der Waals surface area contributed by atoms with Gasteiger partial charge in [0.25, 0.3) is 0 Å². The van der Waals surface area contributed by atoms with E-state index in [4.69, 9.17) is 5.84 Å². The first kappa shape index (κ1) is 12.7. The van der Waals surface area contributed by atoms with Crippen LogP contribution in [0, 0.1) is 6.92 Å². The highest BCUT2D eigenvalue weighted by atomic mass is 79.9. The van der Waals surface area contributed by atoms with Gasteiger partial charge in [0.2, 0.25) is 0 Å². The smallest absolute Gasteiger partial charge is 0.0683 e. The molecule has 1 unspecified atom stereocenters. The zero-order valence-corrected chi connectivity index (χ0v) is 11.9. The second-order valence-electron chi connectivity index (χ2n) is 3.82. The monoisotopic (exact) mass is 311 g/mol. The molecule has 90 valence electrons. The predicted octanol–water partition coefficient (Wildman–Crippen LogP) is 2.96. The summed E-state index contributed by atoms with van der Waals surface area (Å²) >= 11 is 5.26. The Balaban J connectivity index is 2.23. The van der Waals surface area contributed by atoms with E-state index in [1.807, 2.05) is 6.07 Å². The average Bonchev–Trinajstić information content (AvgIpc) is 2.73. The van der Waals surface area contributed by atoms with Gasteiger partial charge < -0.3 is 0 Å². The second kappa shape index (κ2) is 5.73. The normalized spacial score (nSPS) is 12.6. The summed E-state index contributed by atoms with van der Waals surface area (Å²) in [4.78, 5) is 5.68. The molecule has 0 aliphatic heterocycles. The molecule has 0 radical (unpaired) electrons. The van der Waals surface area contributed by atoms with Crippen molar-refractivity contribution in [2.24, 2.45) is 5.84 Å². The van der Waals surface area contributed by atoms with Crippen LogP contribution in [0.25, 0.3) is 0 Å². The molecular formula is C12H14BrN3S. The molecule has 3 nitrogen and oxygen atoms in total. The molecule has 0 amide bonds. The maximum Gasteiger partial charge on any atom is 0.0683 e.